The van der Waals surface area contributed by atoms with Gasteiger partial charge >= 0.3 is 12.1 Å². The molecule has 0 spiro atoms. The number of nitrogens with zero attached hydrogens (tertiary/aromatic N) is 2. The van der Waals surface area contributed by atoms with E-state index in [-0.39, 0.29) is 12.3 Å². The first-order valence-corrected chi connectivity index (χ1v) is 9.10. The highest BCUT2D eigenvalue weighted by atomic mass is 35.5. The third-order valence-corrected chi connectivity index (χ3v) is 4.55. The zero-order valence-corrected chi connectivity index (χ0v) is 16.4. The number of amides is 1. The van der Waals surface area contributed by atoms with Gasteiger partial charge in [-0.15, -0.1) is 0 Å². The molecule has 28 heavy (non-hydrogen) atoms. The lowest BCUT2D eigenvalue weighted by atomic mass is 10.0. The van der Waals surface area contributed by atoms with Gasteiger partial charge in [0.1, 0.15) is 11.7 Å². The predicted molar refractivity (Wildman–Crippen MR) is 103 cm³/mol. The number of pyridine rings is 1. The first kappa shape index (κ1) is 19.8. The molecule has 3 rings (SSSR count). The zero-order chi connectivity index (χ0) is 20.4. The first-order valence-electron chi connectivity index (χ1n) is 8.73. The Kier molecular flexibility index (Phi) is 5.65. The van der Waals surface area contributed by atoms with E-state index < -0.39 is 30.0 Å². The van der Waals surface area contributed by atoms with E-state index in [0.29, 0.717) is 16.3 Å². The molecule has 2 atom stereocenters. The van der Waals surface area contributed by atoms with E-state index in [9.17, 15) is 14.4 Å². The number of halogens is 1. The molecule has 0 saturated heterocycles. The Morgan fingerprint density at radius 1 is 1.21 bits per heavy atom. The Morgan fingerprint density at radius 3 is 2.57 bits per heavy atom. The van der Waals surface area contributed by atoms with Crippen LogP contribution in [-0.4, -0.2) is 35.5 Å². The van der Waals surface area contributed by atoms with Gasteiger partial charge in [0.05, 0.1) is 12.3 Å². The van der Waals surface area contributed by atoms with Crippen molar-refractivity contribution in [3.63, 3.8) is 0 Å². The molecule has 2 unspecified atom stereocenters. The number of ketones is 1. The molecule has 2 aromatic rings. The molecule has 0 bridgehead atoms. The molecule has 0 saturated carbocycles. The number of carbonyl (C=O) groups excluding carboxylic acids is 3. The summed E-state index contributed by atoms with van der Waals surface area (Å²) in [5, 5.41) is 0.371. The number of anilines is 1. The van der Waals surface area contributed by atoms with Gasteiger partial charge in [-0.1, -0.05) is 23.7 Å². The van der Waals surface area contributed by atoms with Crippen molar-refractivity contribution in [2.24, 2.45) is 0 Å². The Hall–Kier alpha value is -2.93. The molecule has 1 aliphatic heterocycles. The van der Waals surface area contributed by atoms with Gasteiger partial charge in [-0.2, -0.15) is 0 Å². The van der Waals surface area contributed by atoms with Crippen molar-refractivity contribution in [3.8, 4) is 0 Å². The topological polar surface area (TPSA) is 85.8 Å². The van der Waals surface area contributed by atoms with E-state index >= 15 is 0 Å². The number of carbonyl (C=O) groups is 3. The van der Waals surface area contributed by atoms with E-state index in [1.807, 2.05) is 6.92 Å². The Morgan fingerprint density at radius 2 is 1.96 bits per heavy atom. The second-order valence-electron chi connectivity index (χ2n) is 6.33. The van der Waals surface area contributed by atoms with Crippen LogP contribution in [0.2, 0.25) is 5.02 Å². The Balaban J connectivity index is 2.13. The lowest BCUT2D eigenvalue weighted by Crippen LogP contribution is -2.46. The third-order valence-electron chi connectivity index (χ3n) is 4.31. The van der Waals surface area contributed by atoms with Crippen LogP contribution in [0, 0.1) is 6.92 Å². The smallest absolute Gasteiger partial charge is 0.415 e. The number of esters is 1. The Bertz CT molecular complexity index is 929. The number of fused-ring (bicyclic) bond motifs is 1. The molecule has 1 aromatic carbocycles. The van der Waals surface area contributed by atoms with Gasteiger partial charge < -0.3 is 9.47 Å². The maximum atomic E-state index is 13.3. The van der Waals surface area contributed by atoms with E-state index in [1.54, 1.807) is 43.5 Å². The van der Waals surface area contributed by atoms with Gasteiger partial charge in [0.15, 0.2) is 6.10 Å². The largest absolute Gasteiger partial charge is 0.455 e. The standard InChI is InChI=1S/C20H19ClN2O5/c1-4-27-20(26)23-16-9-13(21)6-7-14(16)19(28-12(3)24)17(23)18(25)15-8-5-11(2)10-22-15/h5-10,17,19H,4H2,1-3H3. The summed E-state index contributed by atoms with van der Waals surface area (Å²) in [4.78, 5) is 43.0. The van der Waals surface area contributed by atoms with E-state index in [2.05, 4.69) is 4.98 Å². The molecule has 146 valence electrons. The third kappa shape index (κ3) is 3.71. The number of benzene rings is 1. The average Bonchev–Trinajstić information content (AvgIpc) is 2.94. The molecular formula is C20H19ClN2O5. The number of hydrogen-bond acceptors (Lipinski definition) is 6. The lowest BCUT2D eigenvalue weighted by molar-refractivity contribution is -0.146. The molecule has 0 N–H and O–H groups in total. The molecule has 0 aliphatic carbocycles. The molecule has 1 amide bonds. The maximum Gasteiger partial charge on any atom is 0.415 e. The second-order valence-corrected chi connectivity index (χ2v) is 6.77. The van der Waals surface area contributed by atoms with Crippen LogP contribution in [0.1, 0.15) is 41.6 Å². The summed E-state index contributed by atoms with van der Waals surface area (Å²) in [5.74, 6) is -1.04. The van der Waals surface area contributed by atoms with E-state index in [0.717, 1.165) is 5.56 Å². The van der Waals surface area contributed by atoms with Crippen LogP contribution in [0.5, 0.6) is 0 Å². The van der Waals surface area contributed by atoms with Crippen molar-refractivity contribution >= 4 is 35.1 Å². The summed E-state index contributed by atoms with van der Waals surface area (Å²) >= 11 is 6.10. The van der Waals surface area contributed by atoms with Gasteiger partial charge in [-0.25, -0.2) is 4.79 Å². The van der Waals surface area contributed by atoms with Crippen LogP contribution in [0.15, 0.2) is 36.5 Å². The number of aromatic nitrogens is 1. The highest BCUT2D eigenvalue weighted by Gasteiger charge is 2.49. The summed E-state index contributed by atoms with van der Waals surface area (Å²) in [7, 11) is 0. The van der Waals surface area contributed by atoms with Crippen molar-refractivity contribution in [1.82, 2.24) is 4.98 Å². The number of ether oxygens (including phenoxy) is 2. The summed E-state index contributed by atoms with van der Waals surface area (Å²) < 4.78 is 10.6. The summed E-state index contributed by atoms with van der Waals surface area (Å²) in [6, 6.07) is 6.95. The molecule has 1 aliphatic rings. The van der Waals surface area contributed by atoms with Crippen LogP contribution >= 0.6 is 11.6 Å². The van der Waals surface area contributed by atoms with Crippen LogP contribution in [0.4, 0.5) is 10.5 Å². The van der Waals surface area contributed by atoms with Crippen LogP contribution < -0.4 is 4.90 Å². The van der Waals surface area contributed by atoms with Gasteiger partial charge in [0.2, 0.25) is 5.78 Å². The number of aryl methyl sites for hydroxylation is 1. The monoisotopic (exact) mass is 402 g/mol. The highest BCUT2D eigenvalue weighted by Crippen LogP contribution is 2.44. The lowest BCUT2D eigenvalue weighted by Gasteiger charge is -2.26. The van der Waals surface area contributed by atoms with Crippen molar-refractivity contribution in [2.45, 2.75) is 32.9 Å². The second kappa shape index (κ2) is 7.98. The molecule has 1 aromatic heterocycles. The van der Waals surface area contributed by atoms with Crippen molar-refractivity contribution in [3.05, 3.63) is 58.4 Å². The van der Waals surface area contributed by atoms with Gasteiger partial charge in [-0.05, 0) is 37.6 Å². The van der Waals surface area contributed by atoms with Crippen molar-refractivity contribution in [1.29, 1.82) is 0 Å². The minimum atomic E-state index is -1.15. The number of rotatable bonds is 4. The summed E-state index contributed by atoms with van der Waals surface area (Å²) in [6.07, 6.45) is -0.169. The fraction of sp³-hybridized carbons (Fsp3) is 0.300. The van der Waals surface area contributed by atoms with E-state index in [4.69, 9.17) is 21.1 Å². The van der Waals surface area contributed by atoms with Gasteiger partial charge in [0.25, 0.3) is 0 Å². The van der Waals surface area contributed by atoms with Gasteiger partial charge in [0, 0.05) is 23.7 Å². The zero-order valence-electron chi connectivity index (χ0n) is 15.6. The fourth-order valence-electron chi connectivity index (χ4n) is 3.15. The molecular weight excluding hydrogens is 384 g/mol. The first-order chi connectivity index (χ1) is 13.3. The SMILES string of the molecule is CCOC(=O)N1c2cc(Cl)ccc2C(OC(C)=O)C1C(=O)c1ccc(C)cn1. The van der Waals surface area contributed by atoms with Crippen LogP contribution in [0.25, 0.3) is 0 Å². The molecule has 0 fully saturated rings. The molecule has 0 radical (unpaired) electrons. The fourth-order valence-corrected chi connectivity index (χ4v) is 3.32. The van der Waals surface area contributed by atoms with E-state index in [1.165, 1.54) is 11.8 Å². The number of hydrogen-bond donors (Lipinski definition) is 0. The minimum Gasteiger partial charge on any atom is -0.455 e. The van der Waals surface area contributed by atoms with Crippen LogP contribution in [-0.2, 0) is 14.3 Å². The Labute approximate surface area is 167 Å². The maximum absolute atomic E-state index is 13.3. The minimum absolute atomic E-state index is 0.118. The quantitative estimate of drug-likeness (QED) is 0.570. The average molecular weight is 403 g/mol. The molecule has 8 heteroatoms. The highest BCUT2D eigenvalue weighted by molar-refractivity contribution is 6.31. The van der Waals surface area contributed by atoms with Crippen molar-refractivity contribution < 1.29 is 23.9 Å². The van der Waals surface area contributed by atoms with Crippen LogP contribution in [0.3, 0.4) is 0 Å². The summed E-state index contributed by atoms with van der Waals surface area (Å²) in [5.41, 5.74) is 1.90. The molecule has 7 nitrogen and oxygen atoms in total. The summed E-state index contributed by atoms with van der Waals surface area (Å²) in [6.45, 7) is 4.87. The predicted octanol–water partition coefficient (Wildman–Crippen LogP) is 3.88. The van der Waals surface area contributed by atoms with Crippen molar-refractivity contribution in [2.75, 3.05) is 11.5 Å². The molecule has 2 heterocycles. The normalized spacial score (nSPS) is 17.8. The number of Topliss-reactive ketones (excluding diaryl/α,β-unsaturated/α-hetero) is 1. The van der Waals surface area contributed by atoms with Gasteiger partial charge in [-0.3, -0.25) is 19.5 Å².